The Bertz CT molecular complexity index is 108. The second-order valence-electron chi connectivity index (χ2n) is 3.23. The van der Waals surface area contributed by atoms with Gasteiger partial charge in [-0.1, -0.05) is 0 Å². The molecule has 0 aliphatic rings. The van der Waals surface area contributed by atoms with E-state index in [1.165, 1.54) is 0 Å². The third-order valence-corrected chi connectivity index (χ3v) is 0.771. The van der Waals surface area contributed by atoms with Gasteiger partial charge < -0.3 is 43.5 Å². The summed E-state index contributed by atoms with van der Waals surface area (Å²) < 4.78 is 0.844. The van der Waals surface area contributed by atoms with Gasteiger partial charge in [-0.2, -0.15) is 0 Å². The molecule has 5 heteroatoms. The number of rotatable bonds is 2. The van der Waals surface area contributed by atoms with Crippen LogP contribution in [0.15, 0.2) is 0 Å². The van der Waals surface area contributed by atoms with Crippen LogP contribution < -0.4 is 29.1 Å². The summed E-state index contributed by atoms with van der Waals surface area (Å²) in [5.74, 6) is -1.08. The molecule has 0 atom stereocenters. The predicted octanol–water partition coefficient (Wildman–Crippen LogP) is -4.55. The molecule has 0 amide bonds. The SMILES string of the molecule is CC(=O)[O-].C[N+](C)(C)CCO.[I-]. The maximum Gasteiger partial charge on any atom is 0.101 e. The van der Waals surface area contributed by atoms with E-state index in [9.17, 15) is 0 Å². The highest BCUT2D eigenvalue weighted by Crippen LogP contribution is 1.84. The van der Waals surface area contributed by atoms with Crippen molar-refractivity contribution in [3.63, 3.8) is 0 Å². The van der Waals surface area contributed by atoms with E-state index in [1.807, 2.05) is 0 Å². The van der Waals surface area contributed by atoms with E-state index in [0.717, 1.165) is 18.0 Å². The van der Waals surface area contributed by atoms with Gasteiger partial charge in [-0.3, -0.25) is 0 Å². The zero-order valence-electron chi connectivity index (χ0n) is 8.00. The normalized spacial score (nSPS) is 9.08. The number of aliphatic carboxylic acids is 1. The minimum Gasteiger partial charge on any atom is -1.00 e. The van der Waals surface area contributed by atoms with E-state index in [4.69, 9.17) is 15.0 Å². The average Bonchev–Trinajstić information content (AvgIpc) is 1.58. The lowest BCUT2D eigenvalue weighted by molar-refractivity contribution is -0.870. The Balaban J connectivity index is -0.000000142. The van der Waals surface area contributed by atoms with Crippen LogP contribution in [0.25, 0.3) is 0 Å². The van der Waals surface area contributed by atoms with Crippen molar-refractivity contribution < 1.29 is 43.5 Å². The molecule has 1 N–H and O–H groups in total. The predicted molar refractivity (Wildman–Crippen MR) is 40.7 cm³/mol. The number of likely N-dealkylation sites (N-methyl/N-ethyl adjacent to an activating group) is 1. The van der Waals surface area contributed by atoms with E-state index in [-0.39, 0.29) is 30.6 Å². The minimum absolute atomic E-state index is 0. The summed E-state index contributed by atoms with van der Waals surface area (Å²) in [4.78, 5) is 8.89. The van der Waals surface area contributed by atoms with Gasteiger partial charge in [-0.15, -0.1) is 0 Å². The summed E-state index contributed by atoms with van der Waals surface area (Å²) in [7, 11) is 6.16. The minimum atomic E-state index is -1.08. The summed E-state index contributed by atoms with van der Waals surface area (Å²) in [6.07, 6.45) is 0. The Morgan fingerprint density at radius 3 is 1.67 bits per heavy atom. The number of nitrogens with zero attached hydrogens (tertiary/aromatic N) is 1. The molecule has 0 saturated heterocycles. The van der Waals surface area contributed by atoms with Gasteiger partial charge >= 0.3 is 0 Å². The first kappa shape index (κ1) is 18.0. The highest BCUT2D eigenvalue weighted by Gasteiger charge is 2.02. The molecule has 0 rings (SSSR count). The van der Waals surface area contributed by atoms with Crippen LogP contribution in [0.3, 0.4) is 0 Å². The molecule has 0 aliphatic heterocycles. The van der Waals surface area contributed by atoms with Gasteiger partial charge in [-0.05, 0) is 6.92 Å². The first-order valence-corrected chi connectivity index (χ1v) is 3.38. The number of carboxylic acid groups (broad SMARTS) is 1. The highest BCUT2D eigenvalue weighted by molar-refractivity contribution is 5.60. The number of aliphatic hydroxyl groups excluding tert-OH is 1. The van der Waals surface area contributed by atoms with Crippen LogP contribution in [0.2, 0.25) is 0 Å². The number of quaternary nitrogens is 1. The van der Waals surface area contributed by atoms with Gasteiger partial charge in [0.1, 0.15) is 6.54 Å². The van der Waals surface area contributed by atoms with Crippen molar-refractivity contribution >= 4 is 5.97 Å². The van der Waals surface area contributed by atoms with Crippen molar-refractivity contribution in [3.05, 3.63) is 0 Å². The highest BCUT2D eigenvalue weighted by atomic mass is 127. The molecule has 0 spiro atoms. The number of hydrogen-bond donors (Lipinski definition) is 1. The van der Waals surface area contributed by atoms with E-state index in [1.54, 1.807) is 0 Å². The van der Waals surface area contributed by atoms with Crippen LogP contribution >= 0.6 is 0 Å². The van der Waals surface area contributed by atoms with Gasteiger partial charge in [0.05, 0.1) is 27.7 Å². The van der Waals surface area contributed by atoms with Crippen molar-refractivity contribution in [2.45, 2.75) is 6.92 Å². The average molecular weight is 290 g/mol. The lowest BCUT2D eigenvalue weighted by Gasteiger charge is -2.21. The molecule has 0 radical (unpaired) electrons. The van der Waals surface area contributed by atoms with Crippen molar-refractivity contribution in [1.82, 2.24) is 0 Å². The third kappa shape index (κ3) is 49.6. The summed E-state index contributed by atoms with van der Waals surface area (Å²) >= 11 is 0. The zero-order chi connectivity index (χ0) is 9.49. The van der Waals surface area contributed by atoms with Crippen molar-refractivity contribution in [2.24, 2.45) is 0 Å². The van der Waals surface area contributed by atoms with E-state index in [0.29, 0.717) is 0 Å². The molecular formula is C7H17INO3-. The monoisotopic (exact) mass is 290 g/mol. The van der Waals surface area contributed by atoms with Gasteiger partial charge in [0, 0.05) is 5.97 Å². The van der Waals surface area contributed by atoms with Gasteiger partial charge in [0.15, 0.2) is 0 Å². The number of carbonyl (C=O) groups is 1. The van der Waals surface area contributed by atoms with Crippen molar-refractivity contribution in [1.29, 1.82) is 0 Å². The molecule has 0 aromatic heterocycles. The second kappa shape index (κ2) is 9.21. The molecule has 0 fully saturated rings. The van der Waals surface area contributed by atoms with E-state index < -0.39 is 5.97 Å². The molecule has 76 valence electrons. The summed E-state index contributed by atoms with van der Waals surface area (Å²) in [5.41, 5.74) is 0. The Morgan fingerprint density at radius 1 is 1.42 bits per heavy atom. The first-order valence-electron chi connectivity index (χ1n) is 3.38. The van der Waals surface area contributed by atoms with Crippen LogP contribution in [-0.4, -0.2) is 49.9 Å². The van der Waals surface area contributed by atoms with Crippen LogP contribution in [0, 0.1) is 0 Å². The summed E-state index contributed by atoms with van der Waals surface area (Å²) in [5, 5.41) is 17.3. The summed E-state index contributed by atoms with van der Waals surface area (Å²) in [6, 6.07) is 0. The van der Waals surface area contributed by atoms with Crippen LogP contribution in [0.1, 0.15) is 6.92 Å². The fourth-order valence-electron chi connectivity index (χ4n) is 0.300. The standard InChI is InChI=1S/C5H14NO.C2H4O2.HI/c1-6(2,3)4-5-7;1-2(3)4;/h7H,4-5H2,1-3H3;1H3,(H,3,4);1H/q+1;;/p-2. The Morgan fingerprint density at radius 2 is 1.67 bits per heavy atom. The Kier molecular flexibility index (Phi) is 13.8. The Hall–Kier alpha value is 0.120. The number of aliphatic hydroxyl groups is 1. The Labute approximate surface area is 90.8 Å². The molecule has 0 unspecified atom stereocenters. The third-order valence-electron chi connectivity index (χ3n) is 0.771. The maximum absolute atomic E-state index is 8.89. The van der Waals surface area contributed by atoms with Gasteiger partial charge in [-0.25, -0.2) is 0 Å². The lowest BCUT2D eigenvalue weighted by atomic mass is 10.5. The fourth-order valence-corrected chi connectivity index (χ4v) is 0.300. The van der Waals surface area contributed by atoms with Crippen LogP contribution in [-0.2, 0) is 4.79 Å². The summed E-state index contributed by atoms with van der Waals surface area (Å²) in [6.45, 7) is 2.09. The molecule has 0 aliphatic carbocycles. The van der Waals surface area contributed by atoms with E-state index >= 15 is 0 Å². The number of halogens is 1. The smallest absolute Gasteiger partial charge is 0.101 e. The largest absolute Gasteiger partial charge is 1.00 e. The van der Waals surface area contributed by atoms with Crippen LogP contribution in [0.4, 0.5) is 0 Å². The molecule has 12 heavy (non-hydrogen) atoms. The number of hydrogen-bond acceptors (Lipinski definition) is 3. The number of carboxylic acids is 1. The quantitative estimate of drug-likeness (QED) is 0.411. The van der Waals surface area contributed by atoms with E-state index in [2.05, 4.69) is 21.1 Å². The van der Waals surface area contributed by atoms with Crippen LogP contribution in [0.5, 0.6) is 0 Å². The second-order valence-corrected chi connectivity index (χ2v) is 3.23. The molecule has 0 heterocycles. The van der Waals surface area contributed by atoms with Gasteiger partial charge in [0.25, 0.3) is 0 Å². The van der Waals surface area contributed by atoms with Crippen molar-refractivity contribution in [3.8, 4) is 0 Å². The molecule has 0 saturated carbocycles. The molecular weight excluding hydrogens is 273 g/mol. The number of carbonyl (C=O) groups excluding carboxylic acids is 1. The maximum atomic E-state index is 8.89. The molecule has 4 nitrogen and oxygen atoms in total. The topological polar surface area (TPSA) is 60.4 Å². The van der Waals surface area contributed by atoms with Gasteiger partial charge in [0.2, 0.25) is 0 Å². The first-order chi connectivity index (χ1) is 4.79. The fraction of sp³-hybridized carbons (Fsp3) is 0.857. The molecule has 0 aromatic rings. The lowest BCUT2D eigenvalue weighted by Crippen LogP contribution is -3.00. The van der Waals surface area contributed by atoms with Crippen molar-refractivity contribution in [2.75, 3.05) is 34.3 Å². The molecule has 0 bridgehead atoms. The zero-order valence-corrected chi connectivity index (χ0v) is 10.2. The molecule has 0 aromatic carbocycles.